The molecule has 0 atom stereocenters. The number of aromatic nitrogens is 2. The van der Waals surface area contributed by atoms with Crippen molar-refractivity contribution < 1.29 is 19.4 Å². The van der Waals surface area contributed by atoms with Gasteiger partial charge >= 0.3 is 0 Å². The first-order valence-corrected chi connectivity index (χ1v) is 8.91. The third-order valence-corrected chi connectivity index (χ3v) is 4.89. The van der Waals surface area contributed by atoms with Crippen molar-refractivity contribution >= 4 is 10.9 Å². The van der Waals surface area contributed by atoms with Crippen LogP contribution in [0.4, 0.5) is 0 Å². The summed E-state index contributed by atoms with van der Waals surface area (Å²) in [4.78, 5) is 20.0. The van der Waals surface area contributed by atoms with Crippen molar-refractivity contribution in [1.29, 1.82) is 0 Å². The molecule has 28 heavy (non-hydrogen) atoms. The molecule has 0 amide bonds. The summed E-state index contributed by atoms with van der Waals surface area (Å²) in [5.41, 5.74) is 4.67. The molecule has 148 valence electrons. The van der Waals surface area contributed by atoms with E-state index in [1.54, 1.807) is 7.11 Å². The molecule has 0 bridgehead atoms. The maximum atomic E-state index is 10.9. The van der Waals surface area contributed by atoms with Crippen LogP contribution in [0.3, 0.4) is 0 Å². The summed E-state index contributed by atoms with van der Waals surface area (Å²) in [6.45, 7) is 7.27. The highest BCUT2D eigenvalue weighted by Crippen LogP contribution is 2.37. The second-order valence-electron chi connectivity index (χ2n) is 6.54. The van der Waals surface area contributed by atoms with E-state index in [0.29, 0.717) is 36.5 Å². The fourth-order valence-corrected chi connectivity index (χ4v) is 3.27. The van der Waals surface area contributed by atoms with Crippen LogP contribution in [0.2, 0.25) is 0 Å². The van der Waals surface area contributed by atoms with Gasteiger partial charge in [-0.2, -0.15) is 0 Å². The Morgan fingerprint density at radius 2 is 1.96 bits per heavy atom. The number of fused-ring (bicyclic) bond motifs is 1. The number of rotatable bonds is 8. The lowest BCUT2D eigenvalue weighted by Gasteiger charge is -2.13. The molecule has 2 heterocycles. The monoisotopic (exact) mass is 385 g/mol. The number of hydrogen-bond donors (Lipinski definition) is 0. The van der Waals surface area contributed by atoms with Gasteiger partial charge in [0, 0.05) is 24.7 Å². The van der Waals surface area contributed by atoms with Gasteiger partial charge in [0.2, 0.25) is 5.88 Å². The Morgan fingerprint density at radius 3 is 2.64 bits per heavy atom. The molecule has 0 saturated carbocycles. The van der Waals surface area contributed by atoms with Crippen molar-refractivity contribution in [2.75, 3.05) is 13.7 Å². The zero-order chi connectivity index (χ0) is 20.3. The van der Waals surface area contributed by atoms with E-state index in [4.69, 9.17) is 14.3 Å². The highest BCUT2D eigenvalue weighted by atomic mass is 17.0. The van der Waals surface area contributed by atoms with Crippen LogP contribution in [0, 0.1) is 30.9 Å². The fraction of sp³-hybridized carbons (Fsp3) is 0.350. The van der Waals surface area contributed by atoms with E-state index >= 15 is 0 Å². The van der Waals surface area contributed by atoms with Gasteiger partial charge in [-0.05, 0) is 37.5 Å². The third-order valence-electron chi connectivity index (χ3n) is 4.89. The van der Waals surface area contributed by atoms with E-state index in [1.165, 1.54) is 6.20 Å². The van der Waals surface area contributed by atoms with Crippen LogP contribution in [0.5, 0.6) is 11.6 Å². The van der Waals surface area contributed by atoms with Crippen LogP contribution in [-0.2, 0) is 17.9 Å². The lowest BCUT2D eigenvalue weighted by Crippen LogP contribution is -2.09. The van der Waals surface area contributed by atoms with E-state index in [0.717, 1.165) is 22.4 Å². The van der Waals surface area contributed by atoms with Crippen molar-refractivity contribution in [2.24, 2.45) is 0 Å². The van der Waals surface area contributed by atoms with Gasteiger partial charge in [-0.25, -0.2) is 4.98 Å². The number of nitrogens with zero attached hydrogens (tertiary/aromatic N) is 3. The molecule has 0 radical (unpaired) electrons. The molecule has 0 aliphatic carbocycles. The summed E-state index contributed by atoms with van der Waals surface area (Å²) in [6, 6.07) is 7.95. The number of pyridine rings is 1. The average molecular weight is 385 g/mol. The highest BCUT2D eigenvalue weighted by molar-refractivity contribution is 5.93. The maximum absolute atomic E-state index is 10.9. The second kappa shape index (κ2) is 8.26. The first-order valence-electron chi connectivity index (χ1n) is 8.91. The Bertz CT molecular complexity index is 1010. The van der Waals surface area contributed by atoms with E-state index in [-0.39, 0.29) is 5.75 Å². The van der Waals surface area contributed by atoms with Gasteiger partial charge in [0.05, 0.1) is 12.8 Å². The van der Waals surface area contributed by atoms with Crippen molar-refractivity contribution in [3.8, 4) is 11.6 Å². The Balaban J connectivity index is 2.10. The van der Waals surface area contributed by atoms with Crippen LogP contribution in [0.1, 0.15) is 22.4 Å². The molecular weight excluding hydrogens is 362 g/mol. The van der Waals surface area contributed by atoms with Gasteiger partial charge in [0.1, 0.15) is 12.1 Å². The molecule has 0 unspecified atom stereocenters. The van der Waals surface area contributed by atoms with Crippen molar-refractivity contribution in [3.05, 3.63) is 63.0 Å². The molecular formula is C20H23N3O5. The first kappa shape index (κ1) is 19.6. The normalized spacial score (nSPS) is 11.0. The number of aryl methyl sites for hydroxylation is 2. The minimum atomic E-state index is -0.828. The Kier molecular flexibility index (Phi) is 5.79. The van der Waals surface area contributed by atoms with Gasteiger partial charge in [-0.3, -0.25) is 4.84 Å². The van der Waals surface area contributed by atoms with E-state index < -0.39 is 5.09 Å². The molecule has 0 saturated heterocycles. The maximum Gasteiger partial charge on any atom is 0.299 e. The van der Waals surface area contributed by atoms with Crippen LogP contribution >= 0.6 is 0 Å². The lowest BCUT2D eigenvalue weighted by atomic mass is 10.1. The van der Waals surface area contributed by atoms with Crippen molar-refractivity contribution in [2.45, 2.75) is 33.9 Å². The van der Waals surface area contributed by atoms with Crippen molar-refractivity contribution in [3.63, 3.8) is 0 Å². The van der Waals surface area contributed by atoms with Gasteiger partial charge in [0.15, 0.2) is 5.75 Å². The summed E-state index contributed by atoms with van der Waals surface area (Å²) >= 11 is 0. The zero-order valence-corrected chi connectivity index (χ0v) is 16.4. The first-order chi connectivity index (χ1) is 13.4. The predicted octanol–water partition coefficient (Wildman–Crippen LogP) is 3.76. The minimum absolute atomic E-state index is 0.0972. The van der Waals surface area contributed by atoms with Gasteiger partial charge in [-0.15, -0.1) is 10.1 Å². The summed E-state index contributed by atoms with van der Waals surface area (Å²) in [5, 5.41) is 10.7. The standard InChI is InChI=1S/C20H23N3O5/c1-13-7-5-6-8-16(13)12-27-20-19-18(17(11-21-20)28-23(24)25)14(2)15(3)22(19)9-10-26-4/h5-8,11H,9-10,12H2,1-4H3. The largest absolute Gasteiger partial charge is 0.471 e. The number of benzene rings is 1. The van der Waals surface area contributed by atoms with E-state index in [1.807, 2.05) is 49.6 Å². The van der Waals surface area contributed by atoms with Crippen LogP contribution in [0.15, 0.2) is 30.5 Å². The summed E-state index contributed by atoms with van der Waals surface area (Å²) in [6.07, 6.45) is 1.34. The Labute approximate surface area is 162 Å². The summed E-state index contributed by atoms with van der Waals surface area (Å²) in [5.74, 6) is 0.501. The summed E-state index contributed by atoms with van der Waals surface area (Å²) < 4.78 is 13.3. The third kappa shape index (κ3) is 3.77. The molecule has 0 aliphatic rings. The van der Waals surface area contributed by atoms with E-state index in [2.05, 4.69) is 4.98 Å². The van der Waals surface area contributed by atoms with Crippen LogP contribution in [0.25, 0.3) is 10.9 Å². The molecule has 0 aliphatic heterocycles. The van der Waals surface area contributed by atoms with Gasteiger partial charge < -0.3 is 14.0 Å². The second-order valence-corrected chi connectivity index (χ2v) is 6.54. The van der Waals surface area contributed by atoms with Crippen molar-refractivity contribution in [1.82, 2.24) is 9.55 Å². The van der Waals surface area contributed by atoms with Crippen LogP contribution in [-0.4, -0.2) is 28.4 Å². The quantitative estimate of drug-likeness (QED) is 0.433. The predicted molar refractivity (Wildman–Crippen MR) is 104 cm³/mol. The average Bonchev–Trinajstić information content (AvgIpc) is 2.92. The molecule has 8 nitrogen and oxygen atoms in total. The molecule has 2 aromatic heterocycles. The van der Waals surface area contributed by atoms with E-state index in [9.17, 15) is 10.1 Å². The molecule has 0 N–H and O–H groups in total. The minimum Gasteiger partial charge on any atom is -0.471 e. The summed E-state index contributed by atoms with van der Waals surface area (Å²) in [7, 11) is 1.63. The SMILES string of the molecule is COCCn1c(C)c(C)c2c(O[N+](=O)[O-])cnc(OCc3ccccc3C)c21. The Hall–Kier alpha value is -3.13. The van der Waals surface area contributed by atoms with Crippen LogP contribution < -0.4 is 9.57 Å². The number of methoxy groups -OCH3 is 1. The topological polar surface area (TPSA) is 88.7 Å². The lowest BCUT2D eigenvalue weighted by molar-refractivity contribution is -0.710. The smallest absolute Gasteiger partial charge is 0.299 e. The van der Waals surface area contributed by atoms with Gasteiger partial charge in [0.25, 0.3) is 5.09 Å². The molecule has 1 aromatic carbocycles. The zero-order valence-electron chi connectivity index (χ0n) is 16.4. The number of ether oxygens (including phenoxy) is 2. The molecule has 0 fully saturated rings. The fourth-order valence-electron chi connectivity index (χ4n) is 3.27. The van der Waals surface area contributed by atoms with Gasteiger partial charge in [-0.1, -0.05) is 24.3 Å². The highest BCUT2D eigenvalue weighted by Gasteiger charge is 2.21. The Morgan fingerprint density at radius 1 is 1.21 bits per heavy atom. The molecule has 8 heteroatoms. The molecule has 3 rings (SSSR count). The molecule has 3 aromatic rings. The molecule has 0 spiro atoms. The number of hydrogen-bond acceptors (Lipinski definition) is 6.